The van der Waals surface area contributed by atoms with E-state index in [2.05, 4.69) is 18.8 Å². The van der Waals surface area contributed by atoms with Gasteiger partial charge in [-0.3, -0.25) is 0 Å². The van der Waals surface area contributed by atoms with Crippen molar-refractivity contribution in [2.75, 3.05) is 0 Å². The van der Waals surface area contributed by atoms with Crippen LogP contribution in [0.2, 0.25) is 0 Å². The number of hydrogen-bond acceptors (Lipinski definition) is 0. The highest BCUT2D eigenvalue weighted by atomic mass is 19.3. The van der Waals surface area contributed by atoms with Crippen molar-refractivity contribution in [1.29, 1.82) is 0 Å². The summed E-state index contributed by atoms with van der Waals surface area (Å²) in [7, 11) is 0. The molecule has 0 heterocycles. The minimum Gasteiger partial charge on any atom is -0.207 e. The van der Waals surface area contributed by atoms with Crippen LogP contribution in [0.15, 0.2) is 42.5 Å². The Balaban J connectivity index is 1.52. The summed E-state index contributed by atoms with van der Waals surface area (Å²) < 4.78 is 55.7. The lowest BCUT2D eigenvalue weighted by Crippen LogP contribution is -2.23. The highest BCUT2D eigenvalue weighted by Crippen LogP contribution is 2.40. The van der Waals surface area contributed by atoms with E-state index in [0.29, 0.717) is 12.8 Å². The summed E-state index contributed by atoms with van der Waals surface area (Å²) >= 11 is 0. The Morgan fingerprint density at radius 2 is 1.40 bits per heavy atom. The quantitative estimate of drug-likeness (QED) is 0.179. The molecule has 35 heavy (non-hydrogen) atoms. The van der Waals surface area contributed by atoms with Crippen molar-refractivity contribution < 1.29 is 17.6 Å². The molecule has 0 saturated heterocycles. The summed E-state index contributed by atoms with van der Waals surface area (Å²) in [5.41, 5.74) is 2.01. The largest absolute Gasteiger partial charge is 0.248 e. The van der Waals surface area contributed by atoms with E-state index in [1.54, 1.807) is 0 Å². The van der Waals surface area contributed by atoms with Crippen LogP contribution in [0.3, 0.4) is 0 Å². The van der Waals surface area contributed by atoms with E-state index in [0.717, 1.165) is 30.4 Å². The SMILES string of the molecule is CCCCCCCCC/C=C/c1c(F)cc(C#Cc2ccc(C3CCC(F)(F)CC3)cc2)cc1F. The Kier molecular flexibility index (Phi) is 10.5. The fourth-order valence-electron chi connectivity index (χ4n) is 4.59. The zero-order chi connectivity index (χ0) is 25.1. The molecule has 3 rings (SSSR count). The topological polar surface area (TPSA) is 0 Å². The number of rotatable bonds is 10. The van der Waals surface area contributed by atoms with E-state index in [1.165, 1.54) is 50.3 Å². The fraction of sp³-hybridized carbons (Fsp3) is 0.484. The predicted octanol–water partition coefficient (Wildman–Crippen LogP) is 9.81. The van der Waals surface area contributed by atoms with Gasteiger partial charge in [0.05, 0.1) is 0 Å². The average molecular weight is 485 g/mol. The zero-order valence-corrected chi connectivity index (χ0v) is 20.7. The molecular weight excluding hydrogens is 448 g/mol. The second-order valence-corrected chi connectivity index (χ2v) is 9.67. The van der Waals surface area contributed by atoms with Crippen molar-refractivity contribution in [3.8, 4) is 11.8 Å². The third-order valence-electron chi connectivity index (χ3n) is 6.79. The summed E-state index contributed by atoms with van der Waals surface area (Å²) in [5.74, 6) is 2.15. The van der Waals surface area contributed by atoms with Gasteiger partial charge in [-0.2, -0.15) is 0 Å². The molecule has 4 heteroatoms. The smallest absolute Gasteiger partial charge is 0.207 e. The first-order valence-electron chi connectivity index (χ1n) is 13.0. The Bertz CT molecular complexity index is 991. The first-order chi connectivity index (χ1) is 16.9. The van der Waals surface area contributed by atoms with Gasteiger partial charge in [0.15, 0.2) is 0 Å². The second-order valence-electron chi connectivity index (χ2n) is 9.67. The summed E-state index contributed by atoms with van der Waals surface area (Å²) in [5, 5.41) is 0. The monoisotopic (exact) mass is 484 g/mol. The Labute approximate surface area is 207 Å². The van der Waals surface area contributed by atoms with Crippen LogP contribution in [-0.2, 0) is 0 Å². The van der Waals surface area contributed by atoms with Crippen LogP contribution in [0, 0.1) is 23.5 Å². The normalized spacial score (nSPS) is 15.8. The standard InChI is InChI=1S/C31H36F4/c1-2-3-4-5-6-7-8-9-10-11-28-29(32)22-25(23-30(28)33)13-12-24-14-16-26(17-15-24)27-18-20-31(34,35)21-19-27/h10-11,14-17,22-23,27H,2-9,18-21H2,1H3/b11-10+. The van der Waals surface area contributed by atoms with Gasteiger partial charge in [0.1, 0.15) is 11.6 Å². The minimum atomic E-state index is -2.54. The summed E-state index contributed by atoms with van der Waals surface area (Å²) in [6.45, 7) is 2.20. The van der Waals surface area contributed by atoms with E-state index in [4.69, 9.17) is 0 Å². The van der Waals surface area contributed by atoms with Gasteiger partial charge in [-0.15, -0.1) is 0 Å². The molecule has 2 aromatic carbocycles. The van der Waals surface area contributed by atoms with E-state index >= 15 is 0 Å². The van der Waals surface area contributed by atoms with Crippen LogP contribution in [0.25, 0.3) is 6.08 Å². The number of allylic oxidation sites excluding steroid dienone is 1. The van der Waals surface area contributed by atoms with E-state index < -0.39 is 17.6 Å². The van der Waals surface area contributed by atoms with Gasteiger partial charge < -0.3 is 0 Å². The van der Waals surface area contributed by atoms with Gasteiger partial charge in [-0.05, 0) is 61.4 Å². The number of hydrogen-bond donors (Lipinski definition) is 0. The molecule has 0 radical (unpaired) electrons. The Hall–Kier alpha value is -2.54. The molecule has 2 aromatic rings. The lowest BCUT2D eigenvalue weighted by molar-refractivity contribution is -0.0382. The van der Waals surface area contributed by atoms with Crippen molar-refractivity contribution in [2.24, 2.45) is 0 Å². The first-order valence-corrected chi connectivity index (χ1v) is 13.0. The van der Waals surface area contributed by atoms with E-state index in [9.17, 15) is 17.6 Å². The lowest BCUT2D eigenvalue weighted by Gasteiger charge is -2.28. The number of halogens is 4. The molecular formula is C31H36F4. The molecule has 1 aliphatic carbocycles. The maximum atomic E-state index is 14.5. The van der Waals surface area contributed by atoms with Gasteiger partial charge in [0.25, 0.3) is 0 Å². The average Bonchev–Trinajstić information content (AvgIpc) is 2.83. The second kappa shape index (κ2) is 13.5. The van der Waals surface area contributed by atoms with Crippen LogP contribution in [0.4, 0.5) is 17.6 Å². The molecule has 0 bridgehead atoms. The maximum absolute atomic E-state index is 14.5. The molecule has 0 N–H and O–H groups in total. The minimum absolute atomic E-state index is 0.0269. The number of benzene rings is 2. The molecule has 0 amide bonds. The molecule has 1 fully saturated rings. The van der Waals surface area contributed by atoms with E-state index in [-0.39, 0.29) is 29.9 Å². The highest BCUT2D eigenvalue weighted by molar-refractivity contribution is 5.54. The number of alkyl halides is 2. The third kappa shape index (κ3) is 8.88. The molecule has 0 aromatic heterocycles. The molecule has 188 valence electrons. The van der Waals surface area contributed by atoms with Crippen molar-refractivity contribution >= 4 is 6.08 Å². The fourth-order valence-corrected chi connectivity index (χ4v) is 4.59. The van der Waals surface area contributed by atoms with Crippen molar-refractivity contribution in [1.82, 2.24) is 0 Å². The molecule has 0 atom stereocenters. The van der Waals surface area contributed by atoms with Crippen molar-refractivity contribution in [3.63, 3.8) is 0 Å². The Morgan fingerprint density at radius 1 is 0.829 bits per heavy atom. The number of unbranched alkanes of at least 4 members (excludes halogenated alkanes) is 7. The molecule has 0 aliphatic heterocycles. The van der Waals surface area contributed by atoms with Crippen molar-refractivity contribution in [2.45, 2.75) is 95.8 Å². The molecule has 0 spiro atoms. The van der Waals surface area contributed by atoms with Crippen LogP contribution >= 0.6 is 0 Å². The summed E-state index contributed by atoms with van der Waals surface area (Å²) in [4.78, 5) is 0. The van der Waals surface area contributed by atoms with Gasteiger partial charge in [0.2, 0.25) is 5.92 Å². The van der Waals surface area contributed by atoms with Gasteiger partial charge in [-0.25, -0.2) is 17.6 Å². The van der Waals surface area contributed by atoms with Crippen LogP contribution < -0.4 is 0 Å². The lowest BCUT2D eigenvalue weighted by atomic mass is 9.82. The van der Waals surface area contributed by atoms with Crippen molar-refractivity contribution in [3.05, 3.63) is 76.4 Å². The highest BCUT2D eigenvalue weighted by Gasteiger charge is 2.35. The molecule has 0 nitrogen and oxygen atoms in total. The Morgan fingerprint density at radius 3 is 2.03 bits per heavy atom. The third-order valence-corrected chi connectivity index (χ3v) is 6.79. The van der Waals surface area contributed by atoms with Gasteiger partial charge in [-0.1, -0.05) is 81.6 Å². The van der Waals surface area contributed by atoms with Gasteiger partial charge >= 0.3 is 0 Å². The predicted molar refractivity (Wildman–Crippen MR) is 137 cm³/mol. The zero-order valence-electron chi connectivity index (χ0n) is 20.7. The van der Waals surface area contributed by atoms with Gasteiger partial charge in [0, 0.05) is 29.5 Å². The van der Waals surface area contributed by atoms with E-state index in [1.807, 2.05) is 30.3 Å². The van der Waals surface area contributed by atoms with Crippen LogP contribution in [0.5, 0.6) is 0 Å². The summed E-state index contributed by atoms with van der Waals surface area (Å²) in [6.07, 6.45) is 13.5. The first kappa shape index (κ1) is 27.1. The molecule has 0 unspecified atom stereocenters. The maximum Gasteiger partial charge on any atom is 0.248 e. The van der Waals surface area contributed by atoms with Crippen LogP contribution in [0.1, 0.15) is 112 Å². The molecule has 1 saturated carbocycles. The molecule has 1 aliphatic rings. The summed E-state index contributed by atoms with van der Waals surface area (Å²) in [6, 6.07) is 10.0. The van der Waals surface area contributed by atoms with Crippen LogP contribution in [-0.4, -0.2) is 5.92 Å².